The van der Waals surface area contributed by atoms with Crippen LogP contribution < -0.4 is 5.73 Å². The van der Waals surface area contributed by atoms with Crippen molar-refractivity contribution in [3.05, 3.63) is 35.4 Å². The number of urea groups is 1. The van der Waals surface area contributed by atoms with Crippen LogP contribution in [0.3, 0.4) is 0 Å². The fourth-order valence-electron chi connectivity index (χ4n) is 1.99. The third kappa shape index (κ3) is 2.32. The number of amides is 2. The van der Waals surface area contributed by atoms with Gasteiger partial charge in [0.25, 0.3) is 0 Å². The normalized spacial score (nSPS) is 20.8. The Balaban J connectivity index is 2.16. The molecule has 3 nitrogen and oxygen atoms in total. The van der Waals surface area contributed by atoms with Crippen molar-refractivity contribution in [2.75, 3.05) is 18.8 Å². The molecule has 1 atom stereocenters. The molecule has 1 aromatic carbocycles. The standard InChI is InChI=1S/C12H16N2OS/c1-9-4-2-3-5-10(9)11-8-14(12(13)15)6-7-16-11/h2-5,11H,6-8H2,1H3,(H2,13,15). The van der Waals surface area contributed by atoms with Crippen LogP contribution in [0.2, 0.25) is 0 Å². The van der Waals surface area contributed by atoms with Crippen LogP contribution in [0.5, 0.6) is 0 Å². The van der Waals surface area contributed by atoms with Crippen molar-refractivity contribution in [3.63, 3.8) is 0 Å². The van der Waals surface area contributed by atoms with Gasteiger partial charge in [0.15, 0.2) is 0 Å². The summed E-state index contributed by atoms with van der Waals surface area (Å²) >= 11 is 1.90. The number of nitrogens with two attached hydrogens (primary N) is 1. The Morgan fingerprint density at radius 3 is 2.94 bits per heavy atom. The smallest absolute Gasteiger partial charge is 0.314 e. The molecule has 0 saturated carbocycles. The van der Waals surface area contributed by atoms with Crippen molar-refractivity contribution in [3.8, 4) is 0 Å². The zero-order chi connectivity index (χ0) is 11.5. The molecule has 1 aliphatic heterocycles. The summed E-state index contributed by atoms with van der Waals surface area (Å²) in [6, 6.07) is 8.03. The number of benzene rings is 1. The van der Waals surface area contributed by atoms with Crippen LogP contribution in [0.15, 0.2) is 24.3 Å². The van der Waals surface area contributed by atoms with E-state index in [1.807, 2.05) is 23.9 Å². The van der Waals surface area contributed by atoms with E-state index >= 15 is 0 Å². The second-order valence-electron chi connectivity index (χ2n) is 4.00. The van der Waals surface area contributed by atoms with Crippen LogP contribution in [0.25, 0.3) is 0 Å². The molecule has 0 aliphatic carbocycles. The molecule has 1 fully saturated rings. The summed E-state index contributed by atoms with van der Waals surface area (Å²) in [5, 5.41) is 0.363. The van der Waals surface area contributed by atoms with E-state index in [0.29, 0.717) is 5.25 Å². The van der Waals surface area contributed by atoms with E-state index in [2.05, 4.69) is 19.1 Å². The molecular weight excluding hydrogens is 220 g/mol. The Morgan fingerprint density at radius 1 is 1.50 bits per heavy atom. The van der Waals surface area contributed by atoms with Crippen molar-refractivity contribution < 1.29 is 4.79 Å². The maximum atomic E-state index is 11.2. The van der Waals surface area contributed by atoms with Crippen LogP contribution in [0.1, 0.15) is 16.4 Å². The summed E-state index contributed by atoms with van der Waals surface area (Å²) in [6.07, 6.45) is 0. The number of carbonyl (C=O) groups excluding carboxylic acids is 1. The van der Waals surface area contributed by atoms with E-state index in [1.54, 1.807) is 4.90 Å². The fraction of sp³-hybridized carbons (Fsp3) is 0.417. The van der Waals surface area contributed by atoms with Gasteiger partial charge in [-0.05, 0) is 18.1 Å². The number of aryl methyl sites for hydroxylation is 1. The first-order valence-electron chi connectivity index (χ1n) is 5.40. The zero-order valence-electron chi connectivity index (χ0n) is 9.35. The average molecular weight is 236 g/mol. The molecule has 16 heavy (non-hydrogen) atoms. The number of rotatable bonds is 1. The number of hydrogen-bond donors (Lipinski definition) is 1. The van der Waals surface area contributed by atoms with E-state index in [9.17, 15) is 4.79 Å². The second kappa shape index (κ2) is 4.78. The quantitative estimate of drug-likeness (QED) is 0.812. The lowest BCUT2D eigenvalue weighted by molar-refractivity contribution is 0.209. The molecule has 1 unspecified atom stereocenters. The van der Waals surface area contributed by atoms with Gasteiger partial charge in [0.1, 0.15) is 0 Å². The van der Waals surface area contributed by atoms with E-state index in [4.69, 9.17) is 5.73 Å². The van der Waals surface area contributed by atoms with E-state index in [1.165, 1.54) is 11.1 Å². The lowest BCUT2D eigenvalue weighted by Gasteiger charge is -2.32. The fourth-order valence-corrected chi connectivity index (χ4v) is 3.33. The molecule has 0 spiro atoms. The lowest BCUT2D eigenvalue weighted by Crippen LogP contribution is -2.42. The Kier molecular flexibility index (Phi) is 3.39. The van der Waals surface area contributed by atoms with Crippen LogP contribution in [-0.2, 0) is 0 Å². The van der Waals surface area contributed by atoms with Crippen molar-refractivity contribution in [1.82, 2.24) is 4.90 Å². The first-order valence-corrected chi connectivity index (χ1v) is 6.45. The number of primary amides is 1. The monoisotopic (exact) mass is 236 g/mol. The van der Waals surface area contributed by atoms with E-state index in [0.717, 1.165) is 18.8 Å². The molecule has 86 valence electrons. The Labute approximate surface area is 100.0 Å². The summed E-state index contributed by atoms with van der Waals surface area (Å²) in [7, 11) is 0. The second-order valence-corrected chi connectivity index (χ2v) is 5.31. The highest BCUT2D eigenvalue weighted by atomic mass is 32.2. The van der Waals surface area contributed by atoms with E-state index < -0.39 is 0 Å². The molecule has 2 rings (SSSR count). The highest BCUT2D eigenvalue weighted by Gasteiger charge is 2.24. The largest absolute Gasteiger partial charge is 0.351 e. The Bertz CT molecular complexity index is 394. The average Bonchev–Trinajstić information content (AvgIpc) is 2.30. The summed E-state index contributed by atoms with van der Waals surface area (Å²) in [5.74, 6) is 0.960. The Morgan fingerprint density at radius 2 is 2.25 bits per heavy atom. The van der Waals surface area contributed by atoms with Crippen molar-refractivity contribution in [2.24, 2.45) is 5.73 Å². The third-order valence-corrected chi connectivity index (χ3v) is 4.14. The number of carbonyl (C=O) groups is 1. The van der Waals surface area contributed by atoms with Crippen molar-refractivity contribution in [1.29, 1.82) is 0 Å². The number of thioether (sulfide) groups is 1. The van der Waals surface area contributed by atoms with Gasteiger partial charge in [0.2, 0.25) is 0 Å². The summed E-state index contributed by atoms with van der Waals surface area (Å²) in [4.78, 5) is 12.9. The van der Waals surface area contributed by atoms with Gasteiger partial charge in [-0.3, -0.25) is 0 Å². The van der Waals surface area contributed by atoms with Crippen LogP contribution >= 0.6 is 11.8 Å². The lowest BCUT2D eigenvalue weighted by atomic mass is 10.1. The van der Waals surface area contributed by atoms with Gasteiger partial charge in [-0.2, -0.15) is 11.8 Å². The molecule has 1 aliphatic rings. The molecule has 1 heterocycles. The predicted molar refractivity (Wildman–Crippen MR) is 67.5 cm³/mol. The summed E-state index contributed by atoms with van der Waals surface area (Å²) in [6.45, 7) is 3.60. The van der Waals surface area contributed by atoms with Crippen molar-refractivity contribution in [2.45, 2.75) is 12.2 Å². The van der Waals surface area contributed by atoms with Gasteiger partial charge in [-0.25, -0.2) is 4.79 Å². The molecule has 4 heteroatoms. The van der Waals surface area contributed by atoms with E-state index in [-0.39, 0.29) is 6.03 Å². The van der Waals surface area contributed by atoms with Gasteiger partial charge >= 0.3 is 6.03 Å². The maximum Gasteiger partial charge on any atom is 0.314 e. The SMILES string of the molecule is Cc1ccccc1C1CN(C(N)=O)CCS1. The van der Waals surface area contributed by atoms with Crippen LogP contribution in [0.4, 0.5) is 4.79 Å². The van der Waals surface area contributed by atoms with Gasteiger partial charge < -0.3 is 10.6 Å². The highest BCUT2D eigenvalue weighted by molar-refractivity contribution is 7.99. The third-order valence-electron chi connectivity index (χ3n) is 2.91. The molecule has 0 radical (unpaired) electrons. The minimum absolute atomic E-state index is 0.307. The Hall–Kier alpha value is -1.16. The topological polar surface area (TPSA) is 46.3 Å². The van der Waals surface area contributed by atoms with Crippen molar-refractivity contribution >= 4 is 17.8 Å². The molecule has 0 bridgehead atoms. The summed E-state index contributed by atoms with van der Waals surface area (Å²) in [5.41, 5.74) is 7.92. The molecule has 1 saturated heterocycles. The maximum absolute atomic E-state index is 11.2. The molecule has 2 amide bonds. The predicted octanol–water partition coefficient (Wildman–Crippen LogP) is 2.16. The van der Waals surface area contributed by atoms with Crippen LogP contribution in [0, 0.1) is 6.92 Å². The first-order chi connectivity index (χ1) is 7.68. The van der Waals surface area contributed by atoms with Crippen LogP contribution in [-0.4, -0.2) is 29.8 Å². The molecule has 2 N–H and O–H groups in total. The number of nitrogens with zero attached hydrogens (tertiary/aromatic N) is 1. The zero-order valence-corrected chi connectivity index (χ0v) is 10.2. The number of hydrogen-bond acceptors (Lipinski definition) is 2. The van der Waals surface area contributed by atoms with Gasteiger partial charge in [0, 0.05) is 24.1 Å². The molecular formula is C12H16N2OS. The molecule has 1 aromatic rings. The first kappa shape index (κ1) is 11.3. The van der Waals surface area contributed by atoms with Gasteiger partial charge in [-0.15, -0.1) is 0 Å². The molecule has 0 aromatic heterocycles. The van der Waals surface area contributed by atoms with Gasteiger partial charge in [-0.1, -0.05) is 24.3 Å². The minimum atomic E-state index is -0.307. The summed E-state index contributed by atoms with van der Waals surface area (Å²) < 4.78 is 0. The highest BCUT2D eigenvalue weighted by Crippen LogP contribution is 2.34. The minimum Gasteiger partial charge on any atom is -0.351 e. The van der Waals surface area contributed by atoms with Gasteiger partial charge in [0.05, 0.1) is 0 Å².